The van der Waals surface area contributed by atoms with Gasteiger partial charge in [0.25, 0.3) is 11.8 Å². The van der Waals surface area contributed by atoms with E-state index >= 15 is 0 Å². The highest BCUT2D eigenvalue weighted by Gasteiger charge is 2.22. The number of nitrogens with zero attached hydrogens (tertiary/aromatic N) is 1. The van der Waals surface area contributed by atoms with Crippen LogP contribution in [0, 0.1) is 0 Å². The third-order valence-electron chi connectivity index (χ3n) is 6.11. The highest BCUT2D eigenvalue weighted by Crippen LogP contribution is 2.08. The Morgan fingerprint density at radius 2 is 0.707 bits per heavy atom. The zero-order valence-corrected chi connectivity index (χ0v) is 25.4. The summed E-state index contributed by atoms with van der Waals surface area (Å²) in [4.78, 5) is 23.9. The van der Waals surface area contributed by atoms with Gasteiger partial charge in [-0.05, 0) is 6.42 Å². The first-order valence-electron chi connectivity index (χ1n) is 15.4. The number of amides is 2. The van der Waals surface area contributed by atoms with Crippen LogP contribution in [0.2, 0.25) is 0 Å². The molecule has 240 valence electrons. The smallest absolute Gasteiger partial charge is 0.253 e. The van der Waals surface area contributed by atoms with E-state index in [9.17, 15) is 9.59 Å². The Morgan fingerprint density at radius 3 is 1.07 bits per heavy atom. The van der Waals surface area contributed by atoms with Crippen LogP contribution in [-0.2, 0) is 47.5 Å². The summed E-state index contributed by atoms with van der Waals surface area (Å²) in [6.45, 7) is 10.7. The Morgan fingerprint density at radius 1 is 0.415 bits per heavy atom. The SMILES string of the molecule is CCCCCCCCCCOCCOCCOCCOCCOCCOCCOCCOCCN1C(=O)C=CC1=O. The minimum Gasteiger partial charge on any atom is -0.379 e. The van der Waals surface area contributed by atoms with Crippen LogP contribution in [0.4, 0.5) is 0 Å². The molecule has 1 aliphatic heterocycles. The molecular formula is C30H55NO10. The minimum atomic E-state index is -0.299. The zero-order chi connectivity index (χ0) is 29.5. The third-order valence-corrected chi connectivity index (χ3v) is 6.11. The van der Waals surface area contributed by atoms with Gasteiger partial charge in [0.15, 0.2) is 0 Å². The van der Waals surface area contributed by atoms with E-state index in [-0.39, 0.29) is 25.0 Å². The lowest BCUT2D eigenvalue weighted by atomic mass is 10.1. The molecular weight excluding hydrogens is 534 g/mol. The van der Waals surface area contributed by atoms with Gasteiger partial charge >= 0.3 is 0 Å². The summed E-state index contributed by atoms with van der Waals surface area (Å²) < 4.78 is 43.8. The van der Waals surface area contributed by atoms with Crippen LogP contribution in [0.3, 0.4) is 0 Å². The maximum Gasteiger partial charge on any atom is 0.253 e. The van der Waals surface area contributed by atoms with Crippen molar-refractivity contribution in [1.82, 2.24) is 4.90 Å². The van der Waals surface area contributed by atoms with Gasteiger partial charge in [0.2, 0.25) is 0 Å². The van der Waals surface area contributed by atoms with Crippen LogP contribution in [0.1, 0.15) is 58.3 Å². The number of unbranched alkanes of at least 4 members (excludes halogenated alkanes) is 7. The maximum atomic E-state index is 11.4. The van der Waals surface area contributed by atoms with Gasteiger partial charge in [0.1, 0.15) is 0 Å². The predicted molar refractivity (Wildman–Crippen MR) is 155 cm³/mol. The van der Waals surface area contributed by atoms with E-state index in [0.717, 1.165) is 17.9 Å². The van der Waals surface area contributed by atoms with E-state index in [2.05, 4.69) is 6.92 Å². The molecule has 0 atom stereocenters. The summed E-state index contributed by atoms with van der Waals surface area (Å²) in [6.07, 6.45) is 13.0. The highest BCUT2D eigenvalue weighted by atomic mass is 16.6. The molecule has 0 saturated heterocycles. The number of rotatable bonds is 33. The van der Waals surface area contributed by atoms with Crippen molar-refractivity contribution >= 4 is 11.8 Å². The minimum absolute atomic E-state index is 0.248. The second kappa shape index (κ2) is 30.0. The van der Waals surface area contributed by atoms with Crippen molar-refractivity contribution in [2.24, 2.45) is 0 Å². The molecule has 1 heterocycles. The summed E-state index contributed by atoms with van der Waals surface area (Å²) in [6, 6.07) is 0. The highest BCUT2D eigenvalue weighted by molar-refractivity contribution is 6.12. The van der Waals surface area contributed by atoms with Crippen LogP contribution in [0.5, 0.6) is 0 Å². The lowest BCUT2D eigenvalue weighted by Crippen LogP contribution is -2.33. The fraction of sp³-hybridized carbons (Fsp3) is 0.867. The molecule has 0 aromatic rings. The number of ether oxygens (including phenoxy) is 8. The normalized spacial score (nSPS) is 13.2. The summed E-state index contributed by atoms with van der Waals surface area (Å²) in [7, 11) is 0. The Bertz CT molecular complexity index is 616. The summed E-state index contributed by atoms with van der Waals surface area (Å²) in [5, 5.41) is 0. The molecule has 11 nitrogen and oxygen atoms in total. The number of imide groups is 1. The van der Waals surface area contributed by atoms with Gasteiger partial charge in [-0.3, -0.25) is 14.5 Å². The molecule has 0 bridgehead atoms. The molecule has 0 aromatic carbocycles. The van der Waals surface area contributed by atoms with Crippen molar-refractivity contribution in [2.45, 2.75) is 58.3 Å². The van der Waals surface area contributed by atoms with Gasteiger partial charge in [-0.2, -0.15) is 0 Å². The van der Waals surface area contributed by atoms with Crippen molar-refractivity contribution in [2.75, 3.05) is 112 Å². The molecule has 41 heavy (non-hydrogen) atoms. The molecule has 0 N–H and O–H groups in total. The van der Waals surface area contributed by atoms with Gasteiger partial charge in [-0.15, -0.1) is 0 Å². The van der Waals surface area contributed by atoms with Crippen molar-refractivity contribution < 1.29 is 47.5 Å². The lowest BCUT2D eigenvalue weighted by molar-refractivity contribution is -0.137. The van der Waals surface area contributed by atoms with Gasteiger partial charge in [0.05, 0.1) is 106 Å². The van der Waals surface area contributed by atoms with Crippen molar-refractivity contribution in [3.05, 3.63) is 12.2 Å². The molecule has 1 rings (SSSR count). The largest absolute Gasteiger partial charge is 0.379 e. The van der Waals surface area contributed by atoms with E-state index in [1.165, 1.54) is 57.1 Å². The molecule has 0 aliphatic carbocycles. The quantitative estimate of drug-likeness (QED) is 0.0836. The zero-order valence-electron chi connectivity index (χ0n) is 25.4. The first-order valence-corrected chi connectivity index (χ1v) is 15.4. The first-order chi connectivity index (χ1) is 20.3. The van der Waals surface area contributed by atoms with E-state index < -0.39 is 0 Å². The molecule has 0 spiro atoms. The number of hydrogen-bond acceptors (Lipinski definition) is 10. The molecule has 0 saturated carbocycles. The second-order valence-electron chi connectivity index (χ2n) is 9.54. The fourth-order valence-electron chi connectivity index (χ4n) is 3.79. The van der Waals surface area contributed by atoms with E-state index in [1.54, 1.807) is 0 Å². The lowest BCUT2D eigenvalue weighted by Gasteiger charge is -2.13. The Labute approximate surface area is 247 Å². The van der Waals surface area contributed by atoms with Crippen LogP contribution in [-0.4, -0.2) is 129 Å². The summed E-state index contributed by atoms with van der Waals surface area (Å²) >= 11 is 0. The van der Waals surface area contributed by atoms with E-state index in [0.29, 0.717) is 92.5 Å². The first kappa shape index (κ1) is 37.6. The maximum absolute atomic E-state index is 11.4. The van der Waals surface area contributed by atoms with E-state index in [4.69, 9.17) is 37.9 Å². The van der Waals surface area contributed by atoms with Gasteiger partial charge < -0.3 is 37.9 Å². The molecule has 0 radical (unpaired) electrons. The van der Waals surface area contributed by atoms with Gasteiger partial charge in [-0.1, -0.05) is 51.9 Å². The molecule has 0 unspecified atom stereocenters. The average molecular weight is 590 g/mol. The van der Waals surface area contributed by atoms with Crippen molar-refractivity contribution in [3.63, 3.8) is 0 Å². The second-order valence-corrected chi connectivity index (χ2v) is 9.54. The molecule has 1 aliphatic rings. The fourth-order valence-corrected chi connectivity index (χ4v) is 3.79. The summed E-state index contributed by atoms with van der Waals surface area (Å²) in [5.74, 6) is -0.599. The molecule has 2 amide bonds. The van der Waals surface area contributed by atoms with Crippen molar-refractivity contribution in [3.8, 4) is 0 Å². The Kier molecular flexibility index (Phi) is 27.5. The molecule has 0 fully saturated rings. The van der Waals surface area contributed by atoms with Gasteiger partial charge in [-0.25, -0.2) is 0 Å². The van der Waals surface area contributed by atoms with E-state index in [1.807, 2.05) is 0 Å². The third kappa shape index (κ3) is 24.8. The molecule has 11 heteroatoms. The van der Waals surface area contributed by atoms with Crippen LogP contribution < -0.4 is 0 Å². The van der Waals surface area contributed by atoms with Crippen LogP contribution in [0.25, 0.3) is 0 Å². The Balaban J connectivity index is 1.63. The topological polar surface area (TPSA) is 111 Å². The number of carbonyl (C=O) groups is 2. The number of hydrogen-bond donors (Lipinski definition) is 0. The van der Waals surface area contributed by atoms with Gasteiger partial charge in [0, 0.05) is 18.8 Å². The standard InChI is InChI=1S/C30H55NO10/c1-2-3-4-5-6-7-8-9-13-34-15-17-36-19-21-38-23-25-40-27-28-41-26-24-39-22-20-37-18-16-35-14-12-31-29(32)10-11-30(31)33/h10-11H,2-9,12-28H2,1H3. The van der Waals surface area contributed by atoms with Crippen molar-refractivity contribution in [1.29, 1.82) is 0 Å². The number of carbonyl (C=O) groups excluding carboxylic acids is 2. The monoisotopic (exact) mass is 589 g/mol. The summed E-state index contributed by atoms with van der Waals surface area (Å²) in [5.41, 5.74) is 0. The predicted octanol–water partition coefficient (Wildman–Crippen LogP) is 3.18. The average Bonchev–Trinajstić information content (AvgIpc) is 3.30. The Hall–Kier alpha value is -1.44. The van der Waals surface area contributed by atoms with Crippen LogP contribution >= 0.6 is 0 Å². The van der Waals surface area contributed by atoms with Crippen LogP contribution in [0.15, 0.2) is 12.2 Å². The molecule has 0 aromatic heterocycles.